The van der Waals surface area contributed by atoms with E-state index in [9.17, 15) is 8.78 Å². The predicted molar refractivity (Wildman–Crippen MR) is 79.1 cm³/mol. The second-order valence-electron chi connectivity index (χ2n) is 6.26. The fourth-order valence-electron chi connectivity index (χ4n) is 2.87. The largest absolute Gasteiger partial charge is 0.361 e. The molecule has 2 rings (SSSR count). The Balaban J connectivity index is 2.28. The lowest BCUT2D eigenvalue weighted by atomic mass is 9.99. The Bertz CT molecular complexity index is 474. The van der Waals surface area contributed by atoms with Gasteiger partial charge in [-0.3, -0.25) is 0 Å². The number of benzene rings is 1. The van der Waals surface area contributed by atoms with Gasteiger partial charge in [-0.15, -0.1) is 0 Å². The van der Waals surface area contributed by atoms with Crippen LogP contribution >= 0.6 is 0 Å². The molecule has 1 aliphatic rings. The Morgan fingerprint density at radius 3 is 2.70 bits per heavy atom. The molecule has 4 heteroatoms. The fourth-order valence-corrected chi connectivity index (χ4v) is 2.87. The highest BCUT2D eigenvalue weighted by molar-refractivity contribution is 5.53. The molecule has 1 N–H and O–H groups in total. The average molecular weight is 282 g/mol. The van der Waals surface area contributed by atoms with Crippen LogP contribution in [0.3, 0.4) is 0 Å². The minimum Gasteiger partial charge on any atom is -0.361 e. The maximum Gasteiger partial charge on any atom is 0.152 e. The standard InChI is InChI=1S/C16H24F2N2/c1-10(2)7-13-9-20(12(4)8-19-13)16-14(17)6-5-11(3)15(16)18/h5-6,10,12-13,19H,7-9H2,1-4H3. The van der Waals surface area contributed by atoms with Gasteiger partial charge >= 0.3 is 0 Å². The number of nitrogens with one attached hydrogen (secondary N) is 1. The van der Waals surface area contributed by atoms with Gasteiger partial charge < -0.3 is 10.2 Å². The van der Waals surface area contributed by atoms with Crippen molar-refractivity contribution in [1.82, 2.24) is 5.32 Å². The first kappa shape index (κ1) is 15.2. The van der Waals surface area contributed by atoms with Crippen LogP contribution in [-0.2, 0) is 0 Å². The summed E-state index contributed by atoms with van der Waals surface area (Å²) in [7, 11) is 0. The van der Waals surface area contributed by atoms with Crippen molar-refractivity contribution in [2.45, 2.75) is 46.2 Å². The topological polar surface area (TPSA) is 15.3 Å². The van der Waals surface area contributed by atoms with Crippen LogP contribution < -0.4 is 10.2 Å². The predicted octanol–water partition coefficient (Wildman–Crippen LogP) is 3.49. The van der Waals surface area contributed by atoms with Gasteiger partial charge in [0.25, 0.3) is 0 Å². The molecule has 1 heterocycles. The maximum atomic E-state index is 14.3. The summed E-state index contributed by atoms with van der Waals surface area (Å²) < 4.78 is 28.4. The van der Waals surface area contributed by atoms with Gasteiger partial charge in [0.05, 0.1) is 0 Å². The van der Waals surface area contributed by atoms with Crippen molar-refractivity contribution < 1.29 is 8.78 Å². The molecular formula is C16H24F2N2. The summed E-state index contributed by atoms with van der Waals surface area (Å²) in [5.41, 5.74) is 0.625. The first-order valence-electron chi connectivity index (χ1n) is 7.34. The molecule has 0 aromatic heterocycles. The molecule has 0 aliphatic carbocycles. The van der Waals surface area contributed by atoms with E-state index in [1.807, 2.05) is 11.8 Å². The van der Waals surface area contributed by atoms with Crippen LogP contribution in [0.4, 0.5) is 14.5 Å². The number of halogens is 2. The summed E-state index contributed by atoms with van der Waals surface area (Å²) in [4.78, 5) is 1.88. The summed E-state index contributed by atoms with van der Waals surface area (Å²) >= 11 is 0. The molecule has 0 spiro atoms. The molecule has 2 nitrogen and oxygen atoms in total. The summed E-state index contributed by atoms with van der Waals surface area (Å²) in [6.45, 7) is 9.41. The van der Waals surface area contributed by atoms with Gasteiger partial charge in [-0.05, 0) is 37.8 Å². The minimum atomic E-state index is -0.467. The molecule has 0 radical (unpaired) electrons. The molecule has 0 amide bonds. The van der Waals surface area contributed by atoms with Crippen LogP contribution in [0.15, 0.2) is 12.1 Å². The zero-order valence-electron chi connectivity index (χ0n) is 12.7. The highest BCUT2D eigenvalue weighted by Crippen LogP contribution is 2.29. The van der Waals surface area contributed by atoms with E-state index in [4.69, 9.17) is 0 Å². The summed E-state index contributed by atoms with van der Waals surface area (Å²) in [6.07, 6.45) is 1.01. The van der Waals surface area contributed by atoms with Crippen molar-refractivity contribution in [3.8, 4) is 0 Å². The third-order valence-electron chi connectivity index (χ3n) is 3.95. The monoisotopic (exact) mass is 282 g/mol. The molecule has 112 valence electrons. The molecular weight excluding hydrogens is 258 g/mol. The van der Waals surface area contributed by atoms with Crippen molar-refractivity contribution >= 4 is 5.69 Å². The number of anilines is 1. The SMILES string of the molecule is Cc1ccc(F)c(N2CC(CC(C)C)NCC2C)c1F. The molecule has 20 heavy (non-hydrogen) atoms. The van der Waals surface area contributed by atoms with Crippen molar-refractivity contribution in [2.24, 2.45) is 5.92 Å². The van der Waals surface area contributed by atoms with Crippen LogP contribution in [0, 0.1) is 24.5 Å². The van der Waals surface area contributed by atoms with Gasteiger partial charge in [-0.2, -0.15) is 0 Å². The van der Waals surface area contributed by atoms with Crippen LogP contribution in [0.25, 0.3) is 0 Å². The van der Waals surface area contributed by atoms with E-state index < -0.39 is 11.6 Å². The van der Waals surface area contributed by atoms with Crippen molar-refractivity contribution in [3.05, 3.63) is 29.3 Å². The number of hydrogen-bond acceptors (Lipinski definition) is 2. The molecule has 0 saturated carbocycles. The van der Waals surface area contributed by atoms with Crippen molar-refractivity contribution in [3.63, 3.8) is 0 Å². The number of hydrogen-bond donors (Lipinski definition) is 1. The summed E-state index contributed by atoms with van der Waals surface area (Å²) in [5.74, 6) is -0.331. The van der Waals surface area contributed by atoms with E-state index in [0.29, 0.717) is 18.0 Å². The fraction of sp³-hybridized carbons (Fsp3) is 0.625. The van der Waals surface area contributed by atoms with E-state index in [0.717, 1.165) is 13.0 Å². The van der Waals surface area contributed by atoms with Gasteiger partial charge in [0, 0.05) is 25.2 Å². The lowest BCUT2D eigenvalue weighted by Crippen LogP contribution is -2.56. The molecule has 2 unspecified atom stereocenters. The number of nitrogens with zero attached hydrogens (tertiary/aromatic N) is 1. The third-order valence-corrected chi connectivity index (χ3v) is 3.95. The maximum absolute atomic E-state index is 14.3. The number of aryl methyl sites for hydroxylation is 1. The lowest BCUT2D eigenvalue weighted by molar-refractivity contribution is 0.351. The smallest absolute Gasteiger partial charge is 0.152 e. The Hall–Kier alpha value is -1.16. The molecule has 1 aromatic rings. The van der Waals surface area contributed by atoms with Crippen molar-refractivity contribution in [1.29, 1.82) is 0 Å². The average Bonchev–Trinajstić information content (AvgIpc) is 2.37. The van der Waals surface area contributed by atoms with Crippen LogP contribution in [-0.4, -0.2) is 25.2 Å². The first-order chi connectivity index (χ1) is 9.40. The Morgan fingerprint density at radius 1 is 1.35 bits per heavy atom. The lowest BCUT2D eigenvalue weighted by Gasteiger charge is -2.41. The van der Waals surface area contributed by atoms with Gasteiger partial charge in [-0.1, -0.05) is 19.9 Å². The molecule has 0 bridgehead atoms. The molecule has 1 aliphatic heterocycles. The normalized spacial score (nSPS) is 23.4. The molecule has 2 atom stereocenters. The van der Waals surface area contributed by atoms with Gasteiger partial charge in [0.2, 0.25) is 0 Å². The van der Waals surface area contributed by atoms with Gasteiger partial charge in [-0.25, -0.2) is 8.78 Å². The Labute approximate surface area is 120 Å². The van der Waals surface area contributed by atoms with Gasteiger partial charge in [0.15, 0.2) is 5.82 Å². The Kier molecular flexibility index (Phi) is 4.63. The van der Waals surface area contributed by atoms with E-state index in [1.54, 1.807) is 6.92 Å². The summed E-state index contributed by atoms with van der Waals surface area (Å²) in [5, 5.41) is 3.47. The first-order valence-corrected chi connectivity index (χ1v) is 7.34. The zero-order chi connectivity index (χ0) is 14.9. The summed E-state index contributed by atoms with van der Waals surface area (Å²) in [6, 6.07) is 3.22. The zero-order valence-corrected chi connectivity index (χ0v) is 12.7. The van der Waals surface area contributed by atoms with Crippen LogP contribution in [0.5, 0.6) is 0 Å². The van der Waals surface area contributed by atoms with E-state index in [2.05, 4.69) is 19.2 Å². The second kappa shape index (κ2) is 6.08. The highest BCUT2D eigenvalue weighted by Gasteiger charge is 2.29. The van der Waals surface area contributed by atoms with Crippen LogP contribution in [0.2, 0.25) is 0 Å². The van der Waals surface area contributed by atoms with E-state index >= 15 is 0 Å². The van der Waals surface area contributed by atoms with E-state index in [-0.39, 0.29) is 17.8 Å². The van der Waals surface area contributed by atoms with E-state index in [1.165, 1.54) is 12.1 Å². The molecule has 1 aromatic carbocycles. The minimum absolute atomic E-state index is 0.0872. The van der Waals surface area contributed by atoms with Crippen LogP contribution in [0.1, 0.15) is 32.8 Å². The van der Waals surface area contributed by atoms with Gasteiger partial charge in [0.1, 0.15) is 11.5 Å². The number of rotatable bonds is 3. The second-order valence-corrected chi connectivity index (χ2v) is 6.26. The third kappa shape index (κ3) is 3.11. The Morgan fingerprint density at radius 2 is 2.05 bits per heavy atom. The quantitative estimate of drug-likeness (QED) is 0.913. The molecule has 1 fully saturated rings. The number of piperazine rings is 1. The molecule has 1 saturated heterocycles. The van der Waals surface area contributed by atoms with Crippen molar-refractivity contribution in [2.75, 3.05) is 18.0 Å². The highest BCUT2D eigenvalue weighted by atomic mass is 19.1.